The zero-order valence-electron chi connectivity index (χ0n) is 15.4. The van der Waals surface area contributed by atoms with Gasteiger partial charge in [0.1, 0.15) is 0 Å². The summed E-state index contributed by atoms with van der Waals surface area (Å²) >= 11 is 0. The van der Waals surface area contributed by atoms with Crippen LogP contribution in [-0.4, -0.2) is 37.1 Å². The Bertz CT molecular complexity index is 832. The van der Waals surface area contributed by atoms with Crippen LogP contribution in [0.1, 0.15) is 12.5 Å². The second-order valence-corrected chi connectivity index (χ2v) is 6.10. The number of nitrogens with two attached hydrogens (primary N) is 1. The third kappa shape index (κ3) is 5.56. The third-order valence-corrected chi connectivity index (χ3v) is 4.37. The van der Waals surface area contributed by atoms with Gasteiger partial charge in [-0.25, -0.2) is 0 Å². The maximum atomic E-state index is 11.9. The van der Waals surface area contributed by atoms with Crippen molar-refractivity contribution in [2.24, 2.45) is 5.73 Å². The molecule has 0 aliphatic heterocycles. The van der Waals surface area contributed by atoms with Crippen molar-refractivity contribution in [3.8, 4) is 0 Å². The molecule has 0 amide bonds. The first-order valence-electron chi connectivity index (χ1n) is 8.70. The van der Waals surface area contributed by atoms with Gasteiger partial charge >= 0.3 is 5.97 Å². The van der Waals surface area contributed by atoms with Crippen molar-refractivity contribution in [1.82, 2.24) is 4.90 Å². The molecule has 0 fully saturated rings. The van der Waals surface area contributed by atoms with E-state index >= 15 is 0 Å². The summed E-state index contributed by atoms with van der Waals surface area (Å²) in [5.41, 5.74) is 6.99. The van der Waals surface area contributed by atoms with Crippen LogP contribution in [0.3, 0.4) is 0 Å². The fourth-order valence-electron chi connectivity index (χ4n) is 3.29. The summed E-state index contributed by atoms with van der Waals surface area (Å²) in [5.74, 6) is -0.208. The number of carbonyl (C=O) groups is 1. The number of carbonyl (C=O) groups excluding carboxylic acids is 1. The Morgan fingerprint density at radius 3 is 2.07 bits per heavy atom. The summed E-state index contributed by atoms with van der Waals surface area (Å²) in [5, 5.41) is 4.85. The van der Waals surface area contributed by atoms with E-state index in [1.165, 1.54) is 27.1 Å². The lowest BCUT2D eigenvalue weighted by atomic mass is 9.96. The van der Waals surface area contributed by atoms with Gasteiger partial charge in [0.25, 0.3) is 0 Å². The first kappa shape index (κ1) is 23.2. The third-order valence-electron chi connectivity index (χ3n) is 4.37. The number of benzene rings is 3. The molecule has 4 nitrogen and oxygen atoms in total. The summed E-state index contributed by atoms with van der Waals surface area (Å²) in [7, 11) is 0. The molecule has 0 atom stereocenters. The van der Waals surface area contributed by atoms with Crippen LogP contribution in [0.5, 0.6) is 0 Å². The van der Waals surface area contributed by atoms with Crippen molar-refractivity contribution in [2.75, 3.05) is 26.2 Å². The highest BCUT2D eigenvalue weighted by atomic mass is 35.5. The maximum Gasteiger partial charge on any atom is 0.320 e. The molecule has 3 aromatic carbocycles. The summed E-state index contributed by atoms with van der Waals surface area (Å²) in [6.45, 7) is 4.29. The van der Waals surface area contributed by atoms with Crippen molar-refractivity contribution in [2.45, 2.75) is 13.5 Å². The summed E-state index contributed by atoms with van der Waals surface area (Å²) in [6.07, 6.45) is 0. The van der Waals surface area contributed by atoms with E-state index < -0.39 is 0 Å². The number of ether oxygens (including phenoxy) is 1. The number of rotatable bonds is 7. The topological polar surface area (TPSA) is 55.6 Å². The fraction of sp³-hybridized carbons (Fsp3) is 0.286. The molecular weight excluding hydrogens is 383 g/mol. The second kappa shape index (κ2) is 11.1. The molecule has 0 saturated heterocycles. The molecule has 27 heavy (non-hydrogen) atoms. The number of nitrogens with zero attached hydrogens (tertiary/aromatic N) is 1. The van der Waals surface area contributed by atoms with E-state index in [1.807, 2.05) is 6.92 Å². The Hall–Kier alpha value is -1.85. The number of hydrogen-bond donors (Lipinski definition) is 1. The first-order chi connectivity index (χ1) is 12.2. The number of hydrogen-bond acceptors (Lipinski definition) is 4. The van der Waals surface area contributed by atoms with Gasteiger partial charge in [-0.1, -0.05) is 48.5 Å². The zero-order chi connectivity index (χ0) is 17.6. The van der Waals surface area contributed by atoms with Crippen LogP contribution in [0, 0.1) is 0 Å². The molecule has 0 heterocycles. The number of fused-ring (bicyclic) bond motifs is 2. The molecule has 0 saturated carbocycles. The van der Waals surface area contributed by atoms with Gasteiger partial charge in [0.15, 0.2) is 0 Å². The van der Waals surface area contributed by atoms with Gasteiger partial charge in [-0.2, -0.15) is 0 Å². The zero-order valence-corrected chi connectivity index (χ0v) is 17.0. The molecule has 0 unspecified atom stereocenters. The average Bonchev–Trinajstić information content (AvgIpc) is 2.62. The Morgan fingerprint density at radius 1 is 1.00 bits per heavy atom. The predicted octanol–water partition coefficient (Wildman–Crippen LogP) is 4.16. The van der Waals surface area contributed by atoms with Gasteiger partial charge in [-0.3, -0.25) is 9.69 Å². The predicted molar refractivity (Wildman–Crippen MR) is 117 cm³/mol. The molecule has 3 aromatic rings. The van der Waals surface area contributed by atoms with Crippen LogP contribution in [-0.2, 0) is 16.1 Å². The SMILES string of the molecule is CCOC(=O)CN(CCN)Cc1c2ccccc2cc2ccccc12.Cl.Cl. The Labute approximate surface area is 172 Å². The monoisotopic (exact) mass is 408 g/mol. The molecule has 0 aromatic heterocycles. The minimum Gasteiger partial charge on any atom is -0.465 e. The highest BCUT2D eigenvalue weighted by Gasteiger charge is 2.15. The van der Waals surface area contributed by atoms with Crippen molar-refractivity contribution < 1.29 is 9.53 Å². The van der Waals surface area contributed by atoms with E-state index in [-0.39, 0.29) is 37.3 Å². The molecule has 0 radical (unpaired) electrons. The van der Waals surface area contributed by atoms with Crippen LogP contribution in [0.15, 0.2) is 54.6 Å². The van der Waals surface area contributed by atoms with E-state index in [4.69, 9.17) is 10.5 Å². The van der Waals surface area contributed by atoms with Gasteiger partial charge in [-0.15, -0.1) is 24.8 Å². The van der Waals surface area contributed by atoms with Crippen LogP contribution in [0.4, 0.5) is 0 Å². The highest BCUT2D eigenvalue weighted by Crippen LogP contribution is 2.29. The van der Waals surface area contributed by atoms with E-state index in [2.05, 4.69) is 59.5 Å². The van der Waals surface area contributed by atoms with Crippen LogP contribution >= 0.6 is 24.8 Å². The minimum atomic E-state index is -0.208. The quantitative estimate of drug-likeness (QED) is 0.470. The van der Waals surface area contributed by atoms with Crippen LogP contribution in [0.2, 0.25) is 0 Å². The lowest BCUT2D eigenvalue weighted by Crippen LogP contribution is -2.34. The summed E-state index contributed by atoms with van der Waals surface area (Å²) in [6, 6.07) is 19.0. The van der Waals surface area contributed by atoms with Crippen molar-refractivity contribution in [3.05, 3.63) is 60.2 Å². The molecule has 6 heteroatoms. The van der Waals surface area contributed by atoms with Gasteiger partial charge in [0, 0.05) is 19.6 Å². The standard InChI is InChI=1S/C21H24N2O2.2ClH/c1-2-25-21(24)15-23(12-11-22)14-20-18-9-5-3-7-16(18)13-17-8-4-6-10-19(17)20;;/h3-10,13H,2,11-12,14-15,22H2,1H3;2*1H. The van der Waals surface area contributed by atoms with E-state index in [9.17, 15) is 4.79 Å². The van der Waals surface area contributed by atoms with Gasteiger partial charge in [-0.05, 0) is 40.1 Å². The minimum absolute atomic E-state index is 0. The van der Waals surface area contributed by atoms with E-state index in [0.29, 0.717) is 26.2 Å². The fourth-order valence-corrected chi connectivity index (χ4v) is 3.29. The molecular formula is C21H26Cl2N2O2. The normalized spacial score (nSPS) is 10.5. The van der Waals surface area contributed by atoms with Gasteiger partial charge in [0.2, 0.25) is 0 Å². The van der Waals surface area contributed by atoms with Crippen LogP contribution in [0.25, 0.3) is 21.5 Å². The second-order valence-electron chi connectivity index (χ2n) is 6.10. The Kier molecular flexibility index (Phi) is 9.53. The van der Waals surface area contributed by atoms with Crippen molar-refractivity contribution in [1.29, 1.82) is 0 Å². The van der Waals surface area contributed by atoms with E-state index in [0.717, 1.165) is 0 Å². The first-order valence-corrected chi connectivity index (χ1v) is 8.70. The molecule has 0 aliphatic rings. The molecule has 3 rings (SSSR count). The average molecular weight is 409 g/mol. The molecule has 0 aliphatic carbocycles. The Balaban J connectivity index is 0.00000182. The molecule has 146 valence electrons. The highest BCUT2D eigenvalue weighted by molar-refractivity contribution is 6.02. The lowest BCUT2D eigenvalue weighted by Gasteiger charge is -2.22. The lowest BCUT2D eigenvalue weighted by molar-refractivity contribution is -0.144. The van der Waals surface area contributed by atoms with Gasteiger partial charge < -0.3 is 10.5 Å². The molecule has 2 N–H and O–H groups in total. The smallest absolute Gasteiger partial charge is 0.320 e. The number of halogens is 2. The van der Waals surface area contributed by atoms with Gasteiger partial charge in [0.05, 0.1) is 13.2 Å². The largest absolute Gasteiger partial charge is 0.465 e. The van der Waals surface area contributed by atoms with Crippen molar-refractivity contribution in [3.63, 3.8) is 0 Å². The summed E-state index contributed by atoms with van der Waals surface area (Å²) in [4.78, 5) is 14.0. The summed E-state index contributed by atoms with van der Waals surface area (Å²) < 4.78 is 5.11. The molecule has 0 bridgehead atoms. The van der Waals surface area contributed by atoms with Crippen LogP contribution < -0.4 is 5.73 Å². The van der Waals surface area contributed by atoms with Crippen molar-refractivity contribution >= 4 is 52.3 Å². The Morgan fingerprint density at radius 2 is 1.56 bits per heavy atom. The number of esters is 1. The maximum absolute atomic E-state index is 11.9. The van der Waals surface area contributed by atoms with E-state index in [1.54, 1.807) is 0 Å². The molecule has 0 spiro atoms.